The lowest BCUT2D eigenvalue weighted by Gasteiger charge is -2.14. The molecule has 0 aliphatic carbocycles. The number of carbonyl (C=O) groups is 1. The highest BCUT2D eigenvalue weighted by Gasteiger charge is 2.10. The summed E-state index contributed by atoms with van der Waals surface area (Å²) in [5, 5.41) is 36.3. The number of aliphatic hydroxyl groups is 2. The van der Waals surface area contributed by atoms with E-state index in [1.165, 1.54) is 6.07 Å². The first-order chi connectivity index (χ1) is 16.4. The van der Waals surface area contributed by atoms with Gasteiger partial charge in [-0.25, -0.2) is 0 Å². The molecule has 1 atom stereocenters. The lowest BCUT2D eigenvalue weighted by molar-refractivity contribution is -0.120. The minimum atomic E-state index is -0.753. The van der Waals surface area contributed by atoms with Crippen LogP contribution in [-0.2, 0) is 30.8 Å². The van der Waals surface area contributed by atoms with E-state index in [1.54, 1.807) is 24.3 Å². The van der Waals surface area contributed by atoms with Crippen LogP contribution in [0.1, 0.15) is 33.9 Å². The molecule has 0 spiro atoms. The number of carbonyl (C=O) groups excluding carboxylic acids is 1. The smallest absolute Gasteiger partial charge is 0.224 e. The number of phenols is 1. The van der Waals surface area contributed by atoms with Crippen molar-refractivity contribution >= 4 is 29.1 Å². The molecule has 3 rings (SSSR count). The van der Waals surface area contributed by atoms with Crippen LogP contribution in [-0.4, -0.2) is 34.3 Å². The fourth-order valence-corrected chi connectivity index (χ4v) is 3.84. The Kier molecular flexibility index (Phi) is 9.74. The van der Waals surface area contributed by atoms with Gasteiger partial charge in [-0.15, -0.1) is 0 Å². The number of hydrogen-bond acceptors (Lipinski definition) is 5. The second kappa shape index (κ2) is 12.7. The van der Waals surface area contributed by atoms with Crippen LogP contribution in [0.4, 0.5) is 0 Å². The molecule has 0 saturated heterocycles. The van der Waals surface area contributed by atoms with Crippen molar-refractivity contribution in [1.29, 1.82) is 0 Å². The number of aliphatic hydroxyl groups excluding tert-OH is 2. The second-order valence-electron chi connectivity index (χ2n) is 8.04. The summed E-state index contributed by atoms with van der Waals surface area (Å²) in [6.07, 6.45) is 0.259. The number of benzene rings is 3. The highest BCUT2D eigenvalue weighted by Crippen LogP contribution is 2.23. The summed E-state index contributed by atoms with van der Waals surface area (Å²) in [6, 6.07) is 17.8. The molecule has 0 aliphatic rings. The van der Waals surface area contributed by atoms with Gasteiger partial charge in [-0.3, -0.25) is 4.79 Å². The van der Waals surface area contributed by atoms with E-state index in [0.717, 1.165) is 23.1 Å². The van der Waals surface area contributed by atoms with Gasteiger partial charge < -0.3 is 26.0 Å². The Labute approximate surface area is 209 Å². The van der Waals surface area contributed by atoms with Crippen molar-refractivity contribution in [2.45, 2.75) is 32.1 Å². The fourth-order valence-electron chi connectivity index (χ4n) is 3.52. The summed E-state index contributed by atoms with van der Waals surface area (Å²) in [5.41, 5.74) is 3.90. The topological polar surface area (TPSA) is 102 Å². The van der Waals surface area contributed by atoms with Gasteiger partial charge >= 0.3 is 0 Å². The standard InChI is InChI=1S/C26H28Cl2N2O4/c27-22-6-4-19(11-23(22)28)14-30-26(34)12-18-3-1-2-17(10-18)8-9-29-15-25(33)20-5-7-24(32)21(13-20)16-31/h1-7,10-11,13,25,29,31-33H,8-9,12,14-16H2,(H,30,34)/t25-/m0/s1. The summed E-state index contributed by atoms with van der Waals surface area (Å²) in [7, 11) is 0. The summed E-state index contributed by atoms with van der Waals surface area (Å²) < 4.78 is 0. The van der Waals surface area contributed by atoms with Gasteiger partial charge in [-0.2, -0.15) is 0 Å². The SMILES string of the molecule is O=C(Cc1cccc(CCNC[C@H](O)c2ccc(O)c(CO)c2)c1)NCc1ccc(Cl)c(Cl)c1. The predicted octanol–water partition coefficient (Wildman–Crippen LogP) is 3.92. The van der Waals surface area contributed by atoms with E-state index in [4.69, 9.17) is 23.2 Å². The summed E-state index contributed by atoms with van der Waals surface area (Å²) in [6.45, 7) is 1.08. The van der Waals surface area contributed by atoms with Crippen LogP contribution >= 0.6 is 23.2 Å². The molecular weight excluding hydrogens is 475 g/mol. The molecule has 34 heavy (non-hydrogen) atoms. The number of rotatable bonds is 11. The Hall–Kier alpha value is -2.61. The van der Waals surface area contributed by atoms with Gasteiger partial charge in [0.25, 0.3) is 0 Å². The number of amides is 1. The Morgan fingerprint density at radius 1 is 0.941 bits per heavy atom. The molecule has 6 nitrogen and oxygen atoms in total. The second-order valence-corrected chi connectivity index (χ2v) is 8.85. The Morgan fingerprint density at radius 3 is 2.50 bits per heavy atom. The van der Waals surface area contributed by atoms with Crippen molar-refractivity contribution in [2.75, 3.05) is 13.1 Å². The maximum atomic E-state index is 12.3. The van der Waals surface area contributed by atoms with Crippen LogP contribution in [0.5, 0.6) is 5.75 Å². The normalized spacial score (nSPS) is 11.9. The number of nitrogens with one attached hydrogen (secondary N) is 2. The van der Waals surface area contributed by atoms with E-state index in [0.29, 0.717) is 40.8 Å². The molecular formula is C26H28Cl2N2O4. The number of halogens is 2. The maximum absolute atomic E-state index is 12.3. The molecule has 0 saturated carbocycles. The van der Waals surface area contributed by atoms with Crippen molar-refractivity contribution in [3.8, 4) is 5.75 Å². The first-order valence-corrected chi connectivity index (χ1v) is 11.7. The summed E-state index contributed by atoms with van der Waals surface area (Å²) in [4.78, 5) is 12.3. The molecule has 0 radical (unpaired) electrons. The van der Waals surface area contributed by atoms with Gasteiger partial charge in [0.2, 0.25) is 5.91 Å². The van der Waals surface area contributed by atoms with Gasteiger partial charge in [-0.1, -0.05) is 59.6 Å². The highest BCUT2D eigenvalue weighted by atomic mass is 35.5. The zero-order chi connectivity index (χ0) is 24.5. The van der Waals surface area contributed by atoms with Gasteiger partial charge in [0.1, 0.15) is 5.75 Å². The van der Waals surface area contributed by atoms with Gasteiger partial charge in [0, 0.05) is 18.7 Å². The van der Waals surface area contributed by atoms with Crippen LogP contribution in [0.2, 0.25) is 10.0 Å². The van der Waals surface area contributed by atoms with Crippen LogP contribution in [0, 0.1) is 0 Å². The molecule has 0 aliphatic heterocycles. The van der Waals surface area contributed by atoms with Crippen LogP contribution in [0.15, 0.2) is 60.7 Å². The molecule has 3 aromatic rings. The largest absolute Gasteiger partial charge is 0.508 e. The van der Waals surface area contributed by atoms with Crippen molar-refractivity contribution in [2.24, 2.45) is 0 Å². The van der Waals surface area contributed by atoms with Crippen molar-refractivity contribution in [3.63, 3.8) is 0 Å². The summed E-state index contributed by atoms with van der Waals surface area (Å²) in [5.74, 6) is -0.0741. The fraction of sp³-hybridized carbons (Fsp3) is 0.269. The van der Waals surface area contributed by atoms with E-state index < -0.39 is 6.10 Å². The molecule has 5 N–H and O–H groups in total. The lowest BCUT2D eigenvalue weighted by atomic mass is 10.0. The summed E-state index contributed by atoms with van der Waals surface area (Å²) >= 11 is 11.9. The van der Waals surface area contributed by atoms with Crippen molar-refractivity contribution < 1.29 is 20.1 Å². The molecule has 0 unspecified atom stereocenters. The zero-order valence-electron chi connectivity index (χ0n) is 18.6. The van der Waals surface area contributed by atoms with Crippen molar-refractivity contribution in [3.05, 3.63) is 98.5 Å². The average molecular weight is 503 g/mol. The van der Waals surface area contributed by atoms with Crippen LogP contribution < -0.4 is 10.6 Å². The molecule has 1 amide bonds. The quantitative estimate of drug-likeness (QED) is 0.256. The number of aromatic hydroxyl groups is 1. The molecule has 0 heterocycles. The van der Waals surface area contributed by atoms with E-state index in [9.17, 15) is 20.1 Å². The first-order valence-electron chi connectivity index (χ1n) is 11.0. The van der Waals surface area contributed by atoms with Gasteiger partial charge in [0.15, 0.2) is 0 Å². The third-order valence-electron chi connectivity index (χ3n) is 5.42. The van der Waals surface area contributed by atoms with Gasteiger partial charge in [-0.05, 0) is 59.5 Å². The van der Waals surface area contributed by atoms with E-state index in [-0.39, 0.29) is 24.7 Å². The Balaban J connectivity index is 1.43. The molecule has 180 valence electrons. The predicted molar refractivity (Wildman–Crippen MR) is 134 cm³/mol. The van der Waals surface area contributed by atoms with Crippen molar-refractivity contribution in [1.82, 2.24) is 10.6 Å². The maximum Gasteiger partial charge on any atom is 0.224 e. The average Bonchev–Trinajstić information content (AvgIpc) is 2.83. The molecule has 3 aromatic carbocycles. The minimum absolute atomic E-state index is 0.00866. The van der Waals surface area contributed by atoms with E-state index in [2.05, 4.69) is 10.6 Å². The van der Waals surface area contributed by atoms with E-state index in [1.807, 2.05) is 30.3 Å². The molecule has 8 heteroatoms. The Bertz CT molecular complexity index is 1120. The van der Waals surface area contributed by atoms with Gasteiger partial charge in [0.05, 0.1) is 29.2 Å². The van der Waals surface area contributed by atoms with E-state index >= 15 is 0 Å². The third kappa shape index (κ3) is 7.72. The first kappa shape index (κ1) is 26.0. The van der Waals surface area contributed by atoms with Crippen LogP contribution in [0.3, 0.4) is 0 Å². The molecule has 0 fully saturated rings. The third-order valence-corrected chi connectivity index (χ3v) is 6.16. The Morgan fingerprint density at radius 2 is 1.74 bits per heavy atom. The monoisotopic (exact) mass is 502 g/mol. The molecule has 0 aromatic heterocycles. The zero-order valence-corrected chi connectivity index (χ0v) is 20.1. The minimum Gasteiger partial charge on any atom is -0.508 e. The number of hydrogen-bond donors (Lipinski definition) is 5. The highest BCUT2D eigenvalue weighted by molar-refractivity contribution is 6.42. The van der Waals surface area contributed by atoms with Crippen LogP contribution in [0.25, 0.3) is 0 Å². The molecule has 0 bridgehead atoms. The lowest BCUT2D eigenvalue weighted by Crippen LogP contribution is -2.25.